The lowest BCUT2D eigenvalue weighted by molar-refractivity contribution is 0.0620. The fourth-order valence-corrected chi connectivity index (χ4v) is 5.00. The van der Waals surface area contributed by atoms with Crippen LogP contribution in [0, 0.1) is 0 Å². The van der Waals surface area contributed by atoms with Gasteiger partial charge in [0.25, 0.3) is 5.91 Å². The maximum atomic E-state index is 13.2. The van der Waals surface area contributed by atoms with E-state index in [2.05, 4.69) is 28.0 Å². The highest BCUT2D eigenvalue weighted by atomic mass is 35.5. The number of fused-ring (bicyclic) bond motifs is 5. The van der Waals surface area contributed by atoms with Gasteiger partial charge in [0.2, 0.25) is 0 Å². The first-order valence-corrected chi connectivity index (χ1v) is 10.1. The fraction of sp³-hybridized carbons (Fsp3) is 0.409. The van der Waals surface area contributed by atoms with Gasteiger partial charge in [-0.05, 0) is 60.2 Å². The van der Waals surface area contributed by atoms with Crippen LogP contribution in [-0.2, 0) is 4.74 Å². The van der Waals surface area contributed by atoms with Crippen molar-refractivity contribution in [3.05, 3.63) is 64.2 Å². The molecule has 0 radical (unpaired) electrons. The lowest BCUT2D eigenvalue weighted by Gasteiger charge is -2.34. The average Bonchev–Trinajstić information content (AvgIpc) is 3.00. The molecule has 2 fully saturated rings. The second kappa shape index (κ2) is 6.84. The number of amides is 1. The average molecular weight is 383 g/mol. The molecular weight excluding hydrogens is 360 g/mol. The molecule has 1 unspecified atom stereocenters. The number of benzene rings is 2. The minimum absolute atomic E-state index is 0.0885. The van der Waals surface area contributed by atoms with Gasteiger partial charge in [-0.25, -0.2) is 0 Å². The van der Waals surface area contributed by atoms with Crippen molar-refractivity contribution in [3.63, 3.8) is 0 Å². The van der Waals surface area contributed by atoms with Gasteiger partial charge in [0.05, 0.1) is 19.3 Å². The molecule has 2 aromatic carbocycles. The van der Waals surface area contributed by atoms with Gasteiger partial charge >= 0.3 is 0 Å². The summed E-state index contributed by atoms with van der Waals surface area (Å²) in [4.78, 5) is 17.6. The molecule has 3 aliphatic rings. The van der Waals surface area contributed by atoms with Gasteiger partial charge in [0.15, 0.2) is 0 Å². The number of rotatable bonds is 2. The summed E-state index contributed by atoms with van der Waals surface area (Å²) in [5.41, 5.74) is 4.69. The van der Waals surface area contributed by atoms with E-state index < -0.39 is 0 Å². The van der Waals surface area contributed by atoms with E-state index in [1.54, 1.807) is 6.07 Å². The molecule has 2 heterocycles. The van der Waals surface area contributed by atoms with Gasteiger partial charge in [-0.15, -0.1) is 0 Å². The summed E-state index contributed by atoms with van der Waals surface area (Å²) in [7, 11) is 0. The van der Waals surface area contributed by atoms with E-state index >= 15 is 0 Å². The molecule has 1 aliphatic carbocycles. The van der Waals surface area contributed by atoms with E-state index in [-0.39, 0.29) is 11.9 Å². The molecule has 4 nitrogen and oxygen atoms in total. The van der Waals surface area contributed by atoms with Crippen LogP contribution in [-0.4, -0.2) is 43.7 Å². The predicted octanol–water partition coefficient (Wildman–Crippen LogP) is 4.25. The standard InChI is InChI=1S/C22H23ClN2O2/c23-17-3-1-2-16(12-17)22(26)25-7-6-15-13-21(25)20-14-18(4-5-19(15)20)24-8-10-27-11-9-24/h1-5,12,14-15,21H,6-11,13H2/t15?,21-/m1/s1. The number of carbonyl (C=O) groups is 1. The summed E-state index contributed by atoms with van der Waals surface area (Å²) in [6.07, 6.45) is 2.07. The zero-order valence-electron chi connectivity index (χ0n) is 15.2. The van der Waals surface area contributed by atoms with Gasteiger partial charge in [0.1, 0.15) is 0 Å². The number of morpholine rings is 1. The molecule has 2 aromatic rings. The van der Waals surface area contributed by atoms with Gasteiger partial charge in [-0.3, -0.25) is 4.79 Å². The summed E-state index contributed by atoms with van der Waals surface area (Å²) in [6.45, 7) is 4.23. The first-order valence-electron chi connectivity index (χ1n) is 9.74. The monoisotopic (exact) mass is 382 g/mol. The predicted molar refractivity (Wildman–Crippen MR) is 107 cm³/mol. The number of likely N-dealkylation sites (tertiary alicyclic amines) is 1. The Bertz CT molecular complexity index is 878. The van der Waals surface area contributed by atoms with Crippen LogP contribution in [0.5, 0.6) is 0 Å². The van der Waals surface area contributed by atoms with Crippen LogP contribution in [0.3, 0.4) is 0 Å². The first-order chi connectivity index (χ1) is 13.2. The highest BCUT2D eigenvalue weighted by Gasteiger charge is 2.41. The van der Waals surface area contributed by atoms with Crippen molar-refractivity contribution in [1.29, 1.82) is 0 Å². The maximum absolute atomic E-state index is 13.2. The third-order valence-electron chi connectivity index (χ3n) is 6.18. The molecule has 0 N–H and O–H groups in total. The molecule has 2 atom stereocenters. The van der Waals surface area contributed by atoms with Crippen molar-refractivity contribution in [2.75, 3.05) is 37.7 Å². The Morgan fingerprint density at radius 2 is 1.89 bits per heavy atom. The van der Waals surface area contributed by atoms with Crippen LogP contribution in [0.15, 0.2) is 42.5 Å². The highest BCUT2D eigenvalue weighted by molar-refractivity contribution is 6.30. The van der Waals surface area contributed by atoms with Crippen LogP contribution in [0.25, 0.3) is 0 Å². The Morgan fingerprint density at radius 3 is 2.70 bits per heavy atom. The minimum Gasteiger partial charge on any atom is -0.378 e. The third kappa shape index (κ3) is 3.01. The van der Waals surface area contributed by atoms with E-state index in [1.807, 2.05) is 18.2 Å². The van der Waals surface area contributed by atoms with Gasteiger partial charge in [-0.2, -0.15) is 0 Å². The molecule has 0 spiro atoms. The molecule has 27 heavy (non-hydrogen) atoms. The molecule has 2 saturated heterocycles. The zero-order chi connectivity index (χ0) is 18.4. The van der Waals surface area contributed by atoms with E-state index in [0.717, 1.165) is 45.7 Å². The maximum Gasteiger partial charge on any atom is 0.254 e. The number of carbonyl (C=O) groups excluding carboxylic acids is 1. The number of ether oxygens (including phenoxy) is 1. The highest BCUT2D eigenvalue weighted by Crippen LogP contribution is 2.50. The quantitative estimate of drug-likeness (QED) is 0.778. The Hall–Kier alpha value is -2.04. The SMILES string of the molecule is O=C(c1cccc(Cl)c1)N1CCC2C[C@@H]1c1cc(N3CCOCC3)ccc12. The number of piperidine rings is 1. The third-order valence-corrected chi connectivity index (χ3v) is 6.42. The first kappa shape index (κ1) is 17.1. The molecule has 0 aromatic heterocycles. The summed E-state index contributed by atoms with van der Waals surface area (Å²) < 4.78 is 5.48. The van der Waals surface area contributed by atoms with E-state index in [9.17, 15) is 4.79 Å². The lowest BCUT2D eigenvalue weighted by atomic mass is 9.95. The molecule has 5 heteroatoms. The Morgan fingerprint density at radius 1 is 1.04 bits per heavy atom. The largest absolute Gasteiger partial charge is 0.378 e. The van der Waals surface area contributed by atoms with Gasteiger partial charge in [-0.1, -0.05) is 23.7 Å². The van der Waals surface area contributed by atoms with Crippen LogP contribution < -0.4 is 4.90 Å². The molecule has 140 valence electrons. The molecule has 2 aliphatic heterocycles. The number of halogens is 1. The Balaban J connectivity index is 1.46. The smallest absolute Gasteiger partial charge is 0.254 e. The van der Waals surface area contributed by atoms with Crippen LogP contribution in [0.4, 0.5) is 5.69 Å². The summed E-state index contributed by atoms with van der Waals surface area (Å²) >= 11 is 6.11. The molecule has 5 rings (SSSR count). The summed E-state index contributed by atoms with van der Waals surface area (Å²) in [5.74, 6) is 0.665. The van der Waals surface area contributed by atoms with Crippen molar-refractivity contribution < 1.29 is 9.53 Å². The van der Waals surface area contributed by atoms with Crippen LogP contribution in [0.2, 0.25) is 5.02 Å². The number of hydrogen-bond donors (Lipinski definition) is 0. The molecular formula is C22H23ClN2O2. The fourth-order valence-electron chi connectivity index (χ4n) is 4.81. The number of anilines is 1. The van der Waals surface area contributed by atoms with Crippen molar-refractivity contribution in [2.24, 2.45) is 0 Å². The minimum atomic E-state index is 0.0885. The van der Waals surface area contributed by atoms with Crippen molar-refractivity contribution in [1.82, 2.24) is 4.90 Å². The van der Waals surface area contributed by atoms with Crippen molar-refractivity contribution >= 4 is 23.2 Å². The van der Waals surface area contributed by atoms with Gasteiger partial charge in [0, 0.05) is 35.9 Å². The van der Waals surface area contributed by atoms with Gasteiger partial charge < -0.3 is 14.5 Å². The van der Waals surface area contributed by atoms with E-state index in [4.69, 9.17) is 16.3 Å². The normalized spacial score (nSPS) is 24.0. The lowest BCUT2D eigenvalue weighted by Crippen LogP contribution is -2.38. The zero-order valence-corrected chi connectivity index (χ0v) is 16.0. The van der Waals surface area contributed by atoms with Crippen LogP contribution >= 0.6 is 11.6 Å². The van der Waals surface area contributed by atoms with E-state index in [1.165, 1.54) is 16.8 Å². The molecule has 1 amide bonds. The second-order valence-electron chi connectivity index (χ2n) is 7.66. The molecule has 0 saturated carbocycles. The Kier molecular flexibility index (Phi) is 4.33. The Labute approximate surface area is 164 Å². The number of hydrogen-bond acceptors (Lipinski definition) is 3. The van der Waals surface area contributed by atoms with Crippen molar-refractivity contribution in [3.8, 4) is 0 Å². The number of nitrogens with zero attached hydrogens (tertiary/aromatic N) is 2. The van der Waals surface area contributed by atoms with Crippen LogP contribution in [0.1, 0.15) is 46.3 Å². The van der Waals surface area contributed by atoms with Crippen molar-refractivity contribution in [2.45, 2.75) is 24.8 Å². The second-order valence-corrected chi connectivity index (χ2v) is 8.10. The summed E-state index contributed by atoms with van der Waals surface area (Å²) in [6, 6.07) is 14.3. The van der Waals surface area contributed by atoms with E-state index in [0.29, 0.717) is 16.5 Å². The molecule has 2 bridgehead atoms. The summed E-state index contributed by atoms with van der Waals surface area (Å²) in [5, 5.41) is 0.608. The topological polar surface area (TPSA) is 32.8 Å².